The lowest BCUT2D eigenvalue weighted by molar-refractivity contribution is 0.521. The largest absolute Gasteiger partial charge is 0.371 e. The number of pyridine rings is 1. The number of aryl methyl sites for hydroxylation is 2. The zero-order valence-corrected chi connectivity index (χ0v) is 11.2. The summed E-state index contributed by atoms with van der Waals surface area (Å²) < 4.78 is 0. The molecule has 1 atom stereocenters. The molecule has 0 radical (unpaired) electrons. The molecule has 0 spiro atoms. The molecule has 1 aliphatic rings. The molecule has 1 aromatic heterocycles. The van der Waals surface area contributed by atoms with Gasteiger partial charge >= 0.3 is 0 Å². The number of hydrogen-bond donors (Lipinski definition) is 1. The van der Waals surface area contributed by atoms with Crippen molar-refractivity contribution in [2.75, 3.05) is 31.6 Å². The Morgan fingerprint density at radius 1 is 1.35 bits per heavy atom. The maximum absolute atomic E-state index is 4.44. The average molecular weight is 233 g/mol. The van der Waals surface area contributed by atoms with Crippen LogP contribution in [0, 0.1) is 19.8 Å². The van der Waals surface area contributed by atoms with Gasteiger partial charge in [0, 0.05) is 30.2 Å². The molecule has 0 bridgehead atoms. The minimum Gasteiger partial charge on any atom is -0.371 e. The van der Waals surface area contributed by atoms with Crippen molar-refractivity contribution in [1.82, 2.24) is 10.3 Å². The van der Waals surface area contributed by atoms with Crippen LogP contribution in [0.5, 0.6) is 0 Å². The van der Waals surface area contributed by atoms with E-state index in [9.17, 15) is 0 Å². The zero-order chi connectivity index (χ0) is 12.3. The van der Waals surface area contributed by atoms with E-state index in [1.165, 1.54) is 31.6 Å². The van der Waals surface area contributed by atoms with Gasteiger partial charge in [0.05, 0.1) is 0 Å². The highest BCUT2D eigenvalue weighted by Crippen LogP contribution is 2.26. The molecule has 1 aliphatic heterocycles. The monoisotopic (exact) mass is 233 g/mol. The molecule has 1 saturated heterocycles. The Balaban J connectivity index is 1.99. The Labute approximate surface area is 104 Å². The molecule has 3 heteroatoms. The SMILES string of the molecule is CNCCC1CCN(c2cc(C)nc(C)c2)C1. The van der Waals surface area contributed by atoms with E-state index >= 15 is 0 Å². The normalized spacial score (nSPS) is 19.9. The molecule has 2 heterocycles. The number of anilines is 1. The van der Waals surface area contributed by atoms with Crippen LogP contribution in [0.4, 0.5) is 5.69 Å². The molecule has 0 saturated carbocycles. The van der Waals surface area contributed by atoms with Gasteiger partial charge in [-0.1, -0.05) is 0 Å². The van der Waals surface area contributed by atoms with Crippen molar-refractivity contribution in [2.24, 2.45) is 5.92 Å². The topological polar surface area (TPSA) is 28.2 Å². The minimum absolute atomic E-state index is 0.844. The molecule has 1 unspecified atom stereocenters. The number of hydrogen-bond acceptors (Lipinski definition) is 3. The van der Waals surface area contributed by atoms with E-state index < -0.39 is 0 Å². The van der Waals surface area contributed by atoms with Crippen molar-refractivity contribution >= 4 is 5.69 Å². The molecular weight excluding hydrogens is 210 g/mol. The molecule has 0 aromatic carbocycles. The summed E-state index contributed by atoms with van der Waals surface area (Å²) in [5.41, 5.74) is 3.60. The second-order valence-corrected chi connectivity index (χ2v) is 5.10. The summed E-state index contributed by atoms with van der Waals surface area (Å²) in [4.78, 5) is 6.94. The summed E-state index contributed by atoms with van der Waals surface area (Å²) in [6, 6.07) is 4.40. The first kappa shape index (κ1) is 12.4. The van der Waals surface area contributed by atoms with Crippen LogP contribution in [-0.4, -0.2) is 31.7 Å². The fraction of sp³-hybridized carbons (Fsp3) is 0.643. The standard InChI is InChI=1S/C14H23N3/c1-11-8-14(9-12(2)16-11)17-7-5-13(10-17)4-6-15-3/h8-9,13,15H,4-7,10H2,1-3H3. The van der Waals surface area contributed by atoms with Gasteiger partial charge in [-0.25, -0.2) is 0 Å². The van der Waals surface area contributed by atoms with E-state index in [1.54, 1.807) is 0 Å². The first-order chi connectivity index (χ1) is 8.19. The Bertz CT molecular complexity index is 355. The van der Waals surface area contributed by atoms with Crippen LogP contribution < -0.4 is 10.2 Å². The molecular formula is C14H23N3. The van der Waals surface area contributed by atoms with Gasteiger partial charge in [-0.05, 0) is 58.3 Å². The molecule has 94 valence electrons. The van der Waals surface area contributed by atoms with E-state index in [-0.39, 0.29) is 0 Å². The van der Waals surface area contributed by atoms with Gasteiger partial charge in [0.2, 0.25) is 0 Å². The van der Waals surface area contributed by atoms with Gasteiger partial charge in [-0.2, -0.15) is 0 Å². The molecule has 2 rings (SSSR count). The number of nitrogens with one attached hydrogen (secondary N) is 1. The first-order valence-corrected chi connectivity index (χ1v) is 6.54. The molecule has 0 amide bonds. The maximum atomic E-state index is 4.44. The highest BCUT2D eigenvalue weighted by Gasteiger charge is 2.22. The van der Waals surface area contributed by atoms with Crippen LogP contribution in [0.2, 0.25) is 0 Å². The van der Waals surface area contributed by atoms with Crippen LogP contribution in [0.25, 0.3) is 0 Å². The number of nitrogens with zero attached hydrogens (tertiary/aromatic N) is 2. The van der Waals surface area contributed by atoms with Crippen molar-refractivity contribution < 1.29 is 0 Å². The second kappa shape index (κ2) is 5.50. The third-order valence-corrected chi connectivity index (χ3v) is 3.52. The van der Waals surface area contributed by atoms with Gasteiger partial charge in [-0.15, -0.1) is 0 Å². The molecule has 1 N–H and O–H groups in total. The lowest BCUT2D eigenvalue weighted by Crippen LogP contribution is -2.21. The fourth-order valence-electron chi connectivity index (χ4n) is 2.65. The average Bonchev–Trinajstić information content (AvgIpc) is 2.73. The maximum Gasteiger partial charge on any atom is 0.0402 e. The van der Waals surface area contributed by atoms with E-state index in [0.717, 1.165) is 23.9 Å². The summed E-state index contributed by atoms with van der Waals surface area (Å²) in [6.45, 7) is 7.67. The lowest BCUT2D eigenvalue weighted by atomic mass is 10.1. The predicted octanol–water partition coefficient (Wildman–Crippen LogP) is 2.13. The van der Waals surface area contributed by atoms with Gasteiger partial charge in [0.25, 0.3) is 0 Å². The predicted molar refractivity (Wildman–Crippen MR) is 72.6 cm³/mol. The van der Waals surface area contributed by atoms with Gasteiger partial charge < -0.3 is 10.2 Å². The van der Waals surface area contributed by atoms with Crippen molar-refractivity contribution in [3.63, 3.8) is 0 Å². The molecule has 1 aromatic rings. The lowest BCUT2D eigenvalue weighted by Gasteiger charge is -2.19. The van der Waals surface area contributed by atoms with Gasteiger partial charge in [-0.3, -0.25) is 4.98 Å². The van der Waals surface area contributed by atoms with Crippen LogP contribution >= 0.6 is 0 Å². The summed E-state index contributed by atoms with van der Waals surface area (Å²) in [6.07, 6.45) is 2.61. The van der Waals surface area contributed by atoms with Crippen molar-refractivity contribution in [3.05, 3.63) is 23.5 Å². The highest BCUT2D eigenvalue weighted by atomic mass is 15.2. The molecule has 0 aliphatic carbocycles. The third kappa shape index (κ3) is 3.19. The first-order valence-electron chi connectivity index (χ1n) is 6.54. The zero-order valence-electron chi connectivity index (χ0n) is 11.2. The highest BCUT2D eigenvalue weighted by molar-refractivity contribution is 5.49. The van der Waals surface area contributed by atoms with E-state index in [2.05, 4.69) is 41.2 Å². The van der Waals surface area contributed by atoms with Gasteiger partial charge in [0.15, 0.2) is 0 Å². The summed E-state index contributed by atoms with van der Waals surface area (Å²) in [5.74, 6) is 0.844. The van der Waals surface area contributed by atoms with Crippen LogP contribution in [0.1, 0.15) is 24.2 Å². The second-order valence-electron chi connectivity index (χ2n) is 5.10. The van der Waals surface area contributed by atoms with Crippen LogP contribution in [-0.2, 0) is 0 Å². The Hall–Kier alpha value is -1.09. The van der Waals surface area contributed by atoms with E-state index in [0.29, 0.717) is 0 Å². The van der Waals surface area contributed by atoms with Crippen LogP contribution in [0.3, 0.4) is 0 Å². The van der Waals surface area contributed by atoms with Crippen LogP contribution in [0.15, 0.2) is 12.1 Å². The Morgan fingerprint density at radius 3 is 2.71 bits per heavy atom. The van der Waals surface area contributed by atoms with Gasteiger partial charge in [0.1, 0.15) is 0 Å². The number of rotatable bonds is 4. The van der Waals surface area contributed by atoms with Crippen molar-refractivity contribution in [2.45, 2.75) is 26.7 Å². The minimum atomic E-state index is 0.844. The van der Waals surface area contributed by atoms with E-state index in [1.807, 2.05) is 7.05 Å². The summed E-state index contributed by atoms with van der Waals surface area (Å²) >= 11 is 0. The molecule has 3 nitrogen and oxygen atoms in total. The summed E-state index contributed by atoms with van der Waals surface area (Å²) in [5, 5.41) is 3.24. The Morgan fingerprint density at radius 2 is 2.06 bits per heavy atom. The fourth-order valence-corrected chi connectivity index (χ4v) is 2.65. The Kier molecular flexibility index (Phi) is 4.00. The van der Waals surface area contributed by atoms with E-state index in [4.69, 9.17) is 0 Å². The quantitative estimate of drug-likeness (QED) is 0.863. The summed E-state index contributed by atoms with van der Waals surface area (Å²) in [7, 11) is 2.03. The van der Waals surface area contributed by atoms with Crippen molar-refractivity contribution in [3.8, 4) is 0 Å². The van der Waals surface area contributed by atoms with Crippen molar-refractivity contribution in [1.29, 1.82) is 0 Å². The molecule has 17 heavy (non-hydrogen) atoms. The smallest absolute Gasteiger partial charge is 0.0402 e. The number of aromatic nitrogens is 1. The molecule has 1 fully saturated rings. The third-order valence-electron chi connectivity index (χ3n) is 3.52.